The predicted molar refractivity (Wildman–Crippen MR) is 75.5 cm³/mol. The lowest BCUT2D eigenvalue weighted by Gasteiger charge is -2.02. The van der Waals surface area contributed by atoms with E-state index in [4.69, 9.17) is 0 Å². The summed E-state index contributed by atoms with van der Waals surface area (Å²) in [5, 5.41) is 2.29. The topological polar surface area (TPSA) is 15.8 Å². The lowest BCUT2D eigenvalue weighted by molar-refractivity contribution is 0.628. The minimum Gasteiger partial charge on any atom is -0.349 e. The van der Waals surface area contributed by atoms with E-state index in [2.05, 4.69) is 17.1 Å². The maximum Gasteiger partial charge on any atom is 0.123 e. The number of thioether (sulfide) groups is 1. The van der Waals surface area contributed by atoms with Crippen LogP contribution in [0, 0.1) is 5.82 Å². The van der Waals surface area contributed by atoms with Crippen LogP contribution in [0.5, 0.6) is 0 Å². The summed E-state index contributed by atoms with van der Waals surface area (Å²) < 4.78 is 13.0. The van der Waals surface area contributed by atoms with Gasteiger partial charge >= 0.3 is 0 Å². The summed E-state index contributed by atoms with van der Waals surface area (Å²) in [4.78, 5) is 3.40. The zero-order chi connectivity index (χ0) is 12.5. The largest absolute Gasteiger partial charge is 0.349 e. The third-order valence-corrected chi connectivity index (χ3v) is 3.72. The second kappa shape index (κ2) is 4.50. The molecular weight excluding hydrogens is 245 g/mol. The number of hydrogen-bond acceptors (Lipinski definition) is 1. The fourth-order valence-electron chi connectivity index (χ4n) is 2.17. The molecule has 0 spiro atoms. The fraction of sp³-hybridized carbons (Fsp3) is 0.0667. The van der Waals surface area contributed by atoms with Crippen LogP contribution in [0.2, 0.25) is 0 Å². The smallest absolute Gasteiger partial charge is 0.123 e. The molecule has 3 rings (SSSR count). The van der Waals surface area contributed by atoms with Crippen LogP contribution in [0.3, 0.4) is 0 Å². The van der Waals surface area contributed by atoms with Crippen LogP contribution in [-0.4, -0.2) is 11.2 Å². The van der Waals surface area contributed by atoms with Gasteiger partial charge in [-0.15, -0.1) is 11.8 Å². The summed E-state index contributed by atoms with van der Waals surface area (Å²) >= 11 is 1.67. The van der Waals surface area contributed by atoms with Gasteiger partial charge in [0.25, 0.3) is 0 Å². The predicted octanol–water partition coefficient (Wildman–Crippen LogP) is 4.70. The SMILES string of the molecule is CSc1[nH]c2ccccc2c1-c1ccc(F)cc1. The summed E-state index contributed by atoms with van der Waals surface area (Å²) in [6.45, 7) is 0. The molecule has 0 amide bonds. The highest BCUT2D eigenvalue weighted by atomic mass is 32.2. The van der Waals surface area contributed by atoms with Crippen molar-refractivity contribution in [3.63, 3.8) is 0 Å². The van der Waals surface area contributed by atoms with Gasteiger partial charge in [0, 0.05) is 16.5 Å². The van der Waals surface area contributed by atoms with Crippen molar-refractivity contribution in [2.45, 2.75) is 5.03 Å². The van der Waals surface area contributed by atoms with Gasteiger partial charge < -0.3 is 4.98 Å². The zero-order valence-corrected chi connectivity index (χ0v) is 10.7. The normalized spacial score (nSPS) is 11.0. The van der Waals surface area contributed by atoms with E-state index in [1.165, 1.54) is 17.5 Å². The number of benzene rings is 2. The quantitative estimate of drug-likeness (QED) is 0.658. The van der Waals surface area contributed by atoms with Crippen LogP contribution in [0.25, 0.3) is 22.0 Å². The van der Waals surface area contributed by atoms with E-state index in [9.17, 15) is 4.39 Å². The molecule has 0 atom stereocenters. The summed E-state index contributed by atoms with van der Waals surface area (Å²) in [6, 6.07) is 14.8. The highest BCUT2D eigenvalue weighted by Gasteiger charge is 2.12. The molecule has 0 aliphatic rings. The molecule has 0 unspecified atom stereocenters. The Labute approximate surface area is 109 Å². The Morgan fingerprint density at radius 1 is 1.00 bits per heavy atom. The number of fused-ring (bicyclic) bond motifs is 1. The average Bonchev–Trinajstić information content (AvgIpc) is 2.78. The van der Waals surface area contributed by atoms with Crippen molar-refractivity contribution >= 4 is 22.7 Å². The highest BCUT2D eigenvalue weighted by Crippen LogP contribution is 2.36. The molecule has 0 radical (unpaired) electrons. The van der Waals surface area contributed by atoms with Gasteiger partial charge in [0.15, 0.2) is 0 Å². The summed E-state index contributed by atoms with van der Waals surface area (Å²) in [5.41, 5.74) is 3.30. The lowest BCUT2D eigenvalue weighted by Crippen LogP contribution is -1.80. The summed E-state index contributed by atoms with van der Waals surface area (Å²) in [5.74, 6) is -0.204. The molecule has 1 nitrogen and oxygen atoms in total. The fourth-order valence-corrected chi connectivity index (χ4v) is 2.82. The van der Waals surface area contributed by atoms with Gasteiger partial charge in [-0.25, -0.2) is 4.39 Å². The van der Waals surface area contributed by atoms with E-state index in [-0.39, 0.29) is 5.82 Å². The molecule has 2 aromatic carbocycles. The monoisotopic (exact) mass is 257 g/mol. The Balaban J connectivity index is 2.29. The highest BCUT2D eigenvalue weighted by molar-refractivity contribution is 7.98. The molecule has 0 aliphatic carbocycles. The van der Waals surface area contributed by atoms with Gasteiger partial charge in [0.2, 0.25) is 0 Å². The molecule has 0 saturated heterocycles. The minimum absolute atomic E-state index is 0.204. The van der Waals surface area contributed by atoms with Crippen molar-refractivity contribution < 1.29 is 4.39 Å². The van der Waals surface area contributed by atoms with Gasteiger partial charge in [-0.1, -0.05) is 30.3 Å². The number of nitrogens with one attached hydrogen (secondary N) is 1. The molecular formula is C15H12FNS. The third-order valence-electron chi connectivity index (χ3n) is 3.01. The zero-order valence-electron chi connectivity index (χ0n) is 9.91. The molecule has 3 heteroatoms. The van der Waals surface area contributed by atoms with E-state index in [1.54, 1.807) is 11.8 Å². The molecule has 0 saturated carbocycles. The van der Waals surface area contributed by atoms with Crippen molar-refractivity contribution in [3.05, 3.63) is 54.3 Å². The van der Waals surface area contributed by atoms with Crippen LogP contribution in [-0.2, 0) is 0 Å². The molecule has 0 fully saturated rings. The van der Waals surface area contributed by atoms with E-state index < -0.39 is 0 Å². The van der Waals surface area contributed by atoms with Crippen LogP contribution < -0.4 is 0 Å². The van der Waals surface area contributed by atoms with Crippen LogP contribution in [0.15, 0.2) is 53.6 Å². The Hall–Kier alpha value is -1.74. The van der Waals surface area contributed by atoms with Crippen molar-refractivity contribution in [2.75, 3.05) is 6.26 Å². The van der Waals surface area contributed by atoms with E-state index >= 15 is 0 Å². The first kappa shape index (κ1) is 11.4. The Bertz CT molecular complexity index is 685. The number of aromatic nitrogens is 1. The number of hydrogen-bond donors (Lipinski definition) is 1. The van der Waals surface area contributed by atoms with E-state index in [1.807, 2.05) is 30.5 Å². The lowest BCUT2D eigenvalue weighted by atomic mass is 10.0. The van der Waals surface area contributed by atoms with Crippen LogP contribution in [0.1, 0.15) is 0 Å². The van der Waals surface area contributed by atoms with E-state index in [0.29, 0.717) is 0 Å². The second-order valence-electron chi connectivity index (χ2n) is 4.09. The van der Waals surface area contributed by atoms with Crippen molar-refractivity contribution in [3.8, 4) is 11.1 Å². The number of H-pyrrole nitrogens is 1. The Morgan fingerprint density at radius 2 is 1.72 bits per heavy atom. The van der Waals surface area contributed by atoms with Crippen molar-refractivity contribution in [2.24, 2.45) is 0 Å². The van der Waals surface area contributed by atoms with E-state index in [0.717, 1.165) is 21.7 Å². The molecule has 1 N–H and O–H groups in total. The van der Waals surface area contributed by atoms with Gasteiger partial charge in [-0.3, -0.25) is 0 Å². The van der Waals surface area contributed by atoms with Gasteiger partial charge in [0.1, 0.15) is 5.82 Å². The first-order chi connectivity index (χ1) is 8.79. The number of aromatic amines is 1. The van der Waals surface area contributed by atoms with Crippen LogP contribution >= 0.6 is 11.8 Å². The molecule has 90 valence electrons. The molecule has 0 bridgehead atoms. The summed E-state index contributed by atoms with van der Waals surface area (Å²) in [6.07, 6.45) is 2.04. The number of rotatable bonds is 2. The molecule has 3 aromatic rings. The molecule has 0 aliphatic heterocycles. The maximum atomic E-state index is 13.0. The first-order valence-corrected chi connectivity index (χ1v) is 6.92. The molecule has 1 heterocycles. The number of halogens is 1. The maximum absolute atomic E-state index is 13.0. The van der Waals surface area contributed by atoms with Gasteiger partial charge in [0.05, 0.1) is 5.03 Å². The molecule has 1 aromatic heterocycles. The van der Waals surface area contributed by atoms with Crippen molar-refractivity contribution in [1.29, 1.82) is 0 Å². The minimum atomic E-state index is -0.204. The Morgan fingerprint density at radius 3 is 2.44 bits per heavy atom. The van der Waals surface area contributed by atoms with Gasteiger partial charge in [-0.05, 0) is 30.0 Å². The molecule has 18 heavy (non-hydrogen) atoms. The second-order valence-corrected chi connectivity index (χ2v) is 4.90. The Kier molecular flexibility index (Phi) is 2.84. The van der Waals surface area contributed by atoms with Crippen molar-refractivity contribution in [1.82, 2.24) is 4.98 Å². The average molecular weight is 257 g/mol. The van der Waals surface area contributed by atoms with Gasteiger partial charge in [-0.2, -0.15) is 0 Å². The summed E-state index contributed by atoms with van der Waals surface area (Å²) in [7, 11) is 0. The third kappa shape index (κ3) is 1.81. The number of para-hydroxylation sites is 1. The van der Waals surface area contributed by atoms with Crippen LogP contribution in [0.4, 0.5) is 4.39 Å². The first-order valence-electron chi connectivity index (χ1n) is 5.70. The standard InChI is InChI=1S/C15H12FNS/c1-18-15-14(10-6-8-11(16)9-7-10)12-4-2-3-5-13(12)17-15/h2-9,17H,1H3.